The fourth-order valence-electron chi connectivity index (χ4n) is 0.578. The molecule has 0 aliphatic rings. The van der Waals surface area contributed by atoms with Crippen molar-refractivity contribution in [2.45, 2.75) is 19.8 Å². The molecule has 1 amide bonds. The van der Waals surface area contributed by atoms with E-state index < -0.39 is 0 Å². The molecule has 0 aromatic rings. The van der Waals surface area contributed by atoms with Gasteiger partial charge in [0.2, 0.25) is 0 Å². The first-order chi connectivity index (χ1) is 5.81. The minimum absolute atomic E-state index is 0.335. The Morgan fingerprint density at radius 1 is 1.67 bits per heavy atom. The molecule has 4 heteroatoms. The molecule has 0 bridgehead atoms. The number of halogens is 1. The second kappa shape index (κ2) is 8.83. The molecule has 0 saturated heterocycles. The Balaban J connectivity index is 3.21. The first-order valence-electron chi connectivity index (χ1n) is 3.97. The number of amides is 1. The lowest BCUT2D eigenvalue weighted by Gasteiger charge is -2.03. The molecule has 70 valence electrons. The summed E-state index contributed by atoms with van der Waals surface area (Å²) in [7, 11) is 0. The van der Waals surface area contributed by atoms with Crippen molar-refractivity contribution >= 4 is 28.7 Å². The van der Waals surface area contributed by atoms with Gasteiger partial charge in [0.15, 0.2) is 0 Å². The number of ether oxygens (including phenoxy) is 1. The fourth-order valence-corrected chi connectivity index (χ4v) is 0.786. The lowest BCUT2D eigenvalue weighted by Crippen LogP contribution is -2.25. The summed E-state index contributed by atoms with van der Waals surface area (Å²) in [6.45, 7) is 3.12. The molecule has 0 fully saturated rings. The van der Waals surface area contributed by atoms with Crippen LogP contribution in [0.15, 0.2) is 10.2 Å². The van der Waals surface area contributed by atoms with Crippen molar-refractivity contribution in [1.82, 2.24) is 5.32 Å². The van der Waals surface area contributed by atoms with Gasteiger partial charge in [-0.1, -0.05) is 35.9 Å². The number of hydrogen-bond donors (Lipinski definition) is 1. The molecule has 0 aliphatic heterocycles. The maximum Gasteiger partial charge on any atom is 0.407 e. The third-order valence-corrected chi connectivity index (χ3v) is 1.71. The number of nitrogens with one attached hydrogen (secondary N) is 1. The van der Waals surface area contributed by atoms with E-state index in [2.05, 4.69) is 34.8 Å². The molecule has 1 N–H and O–H groups in total. The van der Waals surface area contributed by atoms with Gasteiger partial charge in [-0.25, -0.2) is 4.79 Å². The summed E-state index contributed by atoms with van der Waals surface area (Å²) in [5, 5.41) is 2.64. The first-order valence-corrected chi connectivity index (χ1v) is 5.21. The van der Waals surface area contributed by atoms with Crippen LogP contribution >= 0.6 is 22.6 Å². The average molecular weight is 283 g/mol. The molecule has 0 radical (unpaired) electrons. The summed E-state index contributed by atoms with van der Waals surface area (Å²) < 4.78 is 6.60. The maximum atomic E-state index is 10.8. The number of hydrogen-bond acceptors (Lipinski definition) is 2. The van der Waals surface area contributed by atoms with Crippen LogP contribution in [0, 0.1) is 0 Å². The van der Waals surface area contributed by atoms with E-state index in [-0.39, 0.29) is 6.09 Å². The van der Waals surface area contributed by atoms with Crippen molar-refractivity contribution in [1.29, 1.82) is 0 Å². The van der Waals surface area contributed by atoms with Crippen molar-refractivity contribution in [3.05, 3.63) is 10.2 Å². The maximum absolute atomic E-state index is 10.8. The summed E-state index contributed by atoms with van der Waals surface area (Å²) in [4.78, 5) is 10.8. The Morgan fingerprint density at radius 3 is 3.00 bits per heavy atom. The van der Waals surface area contributed by atoms with Gasteiger partial charge in [0.05, 0.1) is 0 Å². The summed E-state index contributed by atoms with van der Waals surface area (Å²) >= 11 is 2.08. The summed E-state index contributed by atoms with van der Waals surface area (Å²) in [6, 6.07) is 0. The highest BCUT2D eigenvalue weighted by Crippen LogP contribution is 1.87. The molecule has 0 heterocycles. The highest BCUT2D eigenvalue weighted by molar-refractivity contribution is 14.1. The van der Waals surface area contributed by atoms with Crippen LogP contribution < -0.4 is 5.32 Å². The normalized spacial score (nSPS) is 10.2. The van der Waals surface area contributed by atoms with Crippen LogP contribution in [0.3, 0.4) is 0 Å². The molecule has 0 unspecified atom stereocenters. The van der Waals surface area contributed by atoms with E-state index in [4.69, 9.17) is 4.74 Å². The monoisotopic (exact) mass is 283 g/mol. The van der Waals surface area contributed by atoms with Crippen LogP contribution in [-0.4, -0.2) is 19.2 Å². The standard InChI is InChI=1S/C8H14INO2/c1-2-3-6-10-8(11)12-7-4-5-9/h4-5H,2-3,6-7H2,1H3,(H,10,11). The van der Waals surface area contributed by atoms with Gasteiger partial charge in [-0.2, -0.15) is 0 Å². The molecule has 0 aromatic heterocycles. The summed E-state index contributed by atoms with van der Waals surface area (Å²) in [6.07, 6.45) is 3.52. The van der Waals surface area contributed by atoms with Crippen LogP contribution in [0.2, 0.25) is 0 Å². The Hall–Kier alpha value is -0.260. The molecule has 0 aromatic carbocycles. The first kappa shape index (κ1) is 11.7. The van der Waals surface area contributed by atoms with Crippen molar-refractivity contribution in [3.8, 4) is 0 Å². The zero-order chi connectivity index (χ0) is 9.23. The SMILES string of the molecule is CCCCNC(=O)OCC=CI. The molecule has 0 atom stereocenters. The highest BCUT2D eigenvalue weighted by atomic mass is 127. The van der Waals surface area contributed by atoms with Crippen LogP contribution in [-0.2, 0) is 4.74 Å². The highest BCUT2D eigenvalue weighted by Gasteiger charge is 1.96. The molecule has 0 saturated carbocycles. The third-order valence-electron chi connectivity index (χ3n) is 1.20. The Kier molecular flexibility index (Phi) is 8.64. The predicted molar refractivity (Wildman–Crippen MR) is 57.4 cm³/mol. The summed E-state index contributed by atoms with van der Waals surface area (Å²) in [5.41, 5.74) is 0. The van der Waals surface area contributed by atoms with E-state index in [1.807, 2.05) is 4.08 Å². The minimum atomic E-state index is -0.335. The van der Waals surface area contributed by atoms with Crippen LogP contribution in [0.1, 0.15) is 19.8 Å². The fraction of sp³-hybridized carbons (Fsp3) is 0.625. The van der Waals surface area contributed by atoms with Gasteiger partial charge >= 0.3 is 6.09 Å². The number of alkyl carbamates (subject to hydrolysis) is 1. The quantitative estimate of drug-likeness (QED) is 0.621. The van der Waals surface area contributed by atoms with Crippen LogP contribution in [0.5, 0.6) is 0 Å². The topological polar surface area (TPSA) is 38.3 Å². The van der Waals surface area contributed by atoms with Crippen LogP contribution in [0.4, 0.5) is 4.79 Å². The summed E-state index contributed by atoms with van der Waals surface area (Å²) in [5.74, 6) is 0. The van der Waals surface area contributed by atoms with Gasteiger partial charge in [0, 0.05) is 6.54 Å². The largest absolute Gasteiger partial charge is 0.445 e. The average Bonchev–Trinajstić information content (AvgIpc) is 2.06. The molecular formula is C8H14INO2. The van der Waals surface area contributed by atoms with Crippen molar-refractivity contribution < 1.29 is 9.53 Å². The lowest BCUT2D eigenvalue weighted by molar-refractivity contribution is 0.158. The lowest BCUT2D eigenvalue weighted by atomic mass is 10.3. The zero-order valence-corrected chi connectivity index (χ0v) is 9.34. The third kappa shape index (κ3) is 7.84. The molecule has 0 spiro atoms. The Bertz CT molecular complexity index is 148. The number of unbranched alkanes of at least 4 members (excludes halogenated alkanes) is 1. The van der Waals surface area contributed by atoms with E-state index in [1.165, 1.54) is 0 Å². The molecule has 3 nitrogen and oxygen atoms in total. The van der Waals surface area contributed by atoms with Gasteiger partial charge in [0.25, 0.3) is 0 Å². The van der Waals surface area contributed by atoms with Gasteiger partial charge in [-0.05, 0) is 16.6 Å². The molecule has 0 rings (SSSR count). The van der Waals surface area contributed by atoms with Crippen molar-refractivity contribution in [3.63, 3.8) is 0 Å². The Morgan fingerprint density at radius 2 is 2.42 bits per heavy atom. The van der Waals surface area contributed by atoms with Crippen LogP contribution in [0.25, 0.3) is 0 Å². The van der Waals surface area contributed by atoms with Crippen molar-refractivity contribution in [2.24, 2.45) is 0 Å². The second-order valence-electron chi connectivity index (χ2n) is 2.24. The van der Waals surface area contributed by atoms with E-state index in [0.717, 1.165) is 12.8 Å². The zero-order valence-electron chi connectivity index (χ0n) is 7.18. The van der Waals surface area contributed by atoms with Gasteiger partial charge < -0.3 is 10.1 Å². The second-order valence-corrected chi connectivity index (χ2v) is 2.96. The Labute approximate surface area is 86.7 Å². The smallest absolute Gasteiger partial charge is 0.407 e. The van der Waals surface area contributed by atoms with Gasteiger partial charge in [-0.3, -0.25) is 0 Å². The van der Waals surface area contributed by atoms with E-state index in [9.17, 15) is 4.79 Å². The molecule has 12 heavy (non-hydrogen) atoms. The number of rotatable bonds is 5. The number of carbonyl (C=O) groups is 1. The van der Waals surface area contributed by atoms with Gasteiger partial charge in [-0.15, -0.1) is 0 Å². The molecular weight excluding hydrogens is 269 g/mol. The van der Waals surface area contributed by atoms with E-state index >= 15 is 0 Å². The van der Waals surface area contributed by atoms with Crippen molar-refractivity contribution in [2.75, 3.05) is 13.2 Å². The minimum Gasteiger partial charge on any atom is -0.445 e. The number of carbonyl (C=O) groups excluding carboxylic acids is 1. The van der Waals surface area contributed by atoms with Gasteiger partial charge in [0.1, 0.15) is 6.61 Å². The van der Waals surface area contributed by atoms with E-state index in [1.54, 1.807) is 6.08 Å². The van der Waals surface area contributed by atoms with E-state index in [0.29, 0.717) is 13.2 Å². The molecule has 0 aliphatic carbocycles. The predicted octanol–water partition coefficient (Wildman–Crippen LogP) is 2.46.